The van der Waals surface area contributed by atoms with Crippen LogP contribution in [0.1, 0.15) is 31.5 Å². The number of aryl methyl sites for hydroxylation is 1. The van der Waals surface area contributed by atoms with Gasteiger partial charge in [0.25, 0.3) is 0 Å². The Morgan fingerprint density at radius 3 is 2.68 bits per heavy atom. The lowest BCUT2D eigenvalue weighted by molar-refractivity contribution is 0.0541. The molecule has 4 rings (SSSR count). The molecule has 0 aliphatic rings. The van der Waals surface area contributed by atoms with Gasteiger partial charge in [-0.15, -0.1) is 11.3 Å². The van der Waals surface area contributed by atoms with Crippen molar-refractivity contribution >= 4 is 38.5 Å². The van der Waals surface area contributed by atoms with Crippen molar-refractivity contribution in [3.05, 3.63) is 59.2 Å². The van der Waals surface area contributed by atoms with E-state index in [0.29, 0.717) is 6.61 Å². The van der Waals surface area contributed by atoms with Crippen molar-refractivity contribution in [1.82, 2.24) is 9.55 Å². The highest BCUT2D eigenvalue weighted by Gasteiger charge is 2.21. The molecule has 2 heterocycles. The van der Waals surface area contributed by atoms with Crippen molar-refractivity contribution in [2.75, 3.05) is 0 Å². The number of hydrogen-bond acceptors (Lipinski definition) is 5. The van der Waals surface area contributed by atoms with Crippen molar-refractivity contribution in [3.63, 3.8) is 0 Å². The molecule has 0 radical (unpaired) electrons. The minimum absolute atomic E-state index is 0.372. The van der Waals surface area contributed by atoms with E-state index < -0.39 is 5.60 Å². The molecule has 144 valence electrons. The number of para-hydroxylation sites is 1. The summed E-state index contributed by atoms with van der Waals surface area (Å²) in [4.78, 5) is 17.1. The number of aromatic nitrogens is 2. The van der Waals surface area contributed by atoms with E-state index in [1.165, 1.54) is 0 Å². The Morgan fingerprint density at radius 2 is 1.93 bits per heavy atom. The third kappa shape index (κ3) is 3.73. The molecule has 0 aliphatic heterocycles. The van der Waals surface area contributed by atoms with E-state index in [1.54, 1.807) is 15.9 Å². The van der Waals surface area contributed by atoms with Crippen molar-refractivity contribution < 1.29 is 14.3 Å². The molecule has 0 saturated carbocycles. The van der Waals surface area contributed by atoms with Crippen LogP contribution in [0.3, 0.4) is 0 Å². The highest BCUT2D eigenvalue weighted by Crippen LogP contribution is 2.27. The second kappa shape index (κ2) is 6.95. The smallest absolute Gasteiger partial charge is 0.419 e. The number of benzene rings is 2. The minimum atomic E-state index is -0.541. The van der Waals surface area contributed by atoms with E-state index in [4.69, 9.17) is 9.47 Å². The number of rotatable bonds is 3. The first-order valence-electron chi connectivity index (χ1n) is 9.13. The topological polar surface area (TPSA) is 53.4 Å². The molecular weight excluding hydrogens is 372 g/mol. The normalized spacial score (nSPS) is 11.9. The Balaban J connectivity index is 1.55. The summed E-state index contributed by atoms with van der Waals surface area (Å²) in [5.74, 6) is 0.744. The summed E-state index contributed by atoms with van der Waals surface area (Å²) in [6.07, 6.45) is -0.372. The average Bonchev–Trinajstić information content (AvgIpc) is 3.17. The zero-order valence-corrected chi connectivity index (χ0v) is 17.2. The second-order valence-electron chi connectivity index (χ2n) is 7.69. The Bertz CT molecular complexity index is 1130. The largest absolute Gasteiger partial charge is 0.486 e. The van der Waals surface area contributed by atoms with Crippen LogP contribution in [0.25, 0.3) is 21.1 Å². The van der Waals surface area contributed by atoms with Gasteiger partial charge in [0, 0.05) is 11.1 Å². The molecule has 0 N–H and O–H groups in total. The van der Waals surface area contributed by atoms with Gasteiger partial charge in [-0.05, 0) is 64.1 Å². The van der Waals surface area contributed by atoms with Gasteiger partial charge in [-0.25, -0.2) is 14.3 Å². The van der Waals surface area contributed by atoms with E-state index in [9.17, 15) is 4.79 Å². The average molecular weight is 394 g/mol. The van der Waals surface area contributed by atoms with Crippen molar-refractivity contribution in [2.45, 2.75) is 39.9 Å². The predicted octanol–water partition coefficient (Wildman–Crippen LogP) is 5.92. The van der Waals surface area contributed by atoms with Gasteiger partial charge in [0.2, 0.25) is 0 Å². The second-order valence-corrected chi connectivity index (χ2v) is 8.80. The fraction of sp³-hybridized carbons (Fsp3) is 0.273. The van der Waals surface area contributed by atoms with Gasteiger partial charge in [-0.2, -0.15) is 0 Å². The summed E-state index contributed by atoms with van der Waals surface area (Å²) in [6.45, 7) is 7.89. The molecular formula is C22H22N2O3S. The lowest BCUT2D eigenvalue weighted by Crippen LogP contribution is -2.27. The summed E-state index contributed by atoms with van der Waals surface area (Å²) in [7, 11) is 0. The molecule has 0 spiro atoms. The molecule has 2 aromatic carbocycles. The number of fused-ring (bicyclic) bond motifs is 2. The molecule has 5 nitrogen and oxygen atoms in total. The van der Waals surface area contributed by atoms with Crippen LogP contribution in [0.15, 0.2) is 48.5 Å². The maximum absolute atomic E-state index is 12.5. The third-order valence-electron chi connectivity index (χ3n) is 4.23. The Morgan fingerprint density at radius 1 is 1.14 bits per heavy atom. The number of carbonyl (C=O) groups excluding carboxylic acids is 1. The standard InChI is InChI=1S/C22H22N2O3S/c1-14-11-15-12-16(9-10-18(15)24(14)21(25)27-22(2,3)4)26-13-20-23-17-7-5-6-8-19(17)28-20/h5-12H,13H2,1-4H3. The van der Waals surface area contributed by atoms with E-state index in [1.807, 2.05) is 70.2 Å². The molecule has 0 aliphatic carbocycles. The molecule has 4 aromatic rings. The van der Waals surface area contributed by atoms with Crippen molar-refractivity contribution in [3.8, 4) is 5.75 Å². The molecule has 6 heteroatoms. The summed E-state index contributed by atoms with van der Waals surface area (Å²) in [5.41, 5.74) is 2.08. The summed E-state index contributed by atoms with van der Waals surface area (Å²) in [5, 5.41) is 1.87. The summed E-state index contributed by atoms with van der Waals surface area (Å²) < 4.78 is 14.2. The van der Waals surface area contributed by atoms with E-state index >= 15 is 0 Å². The molecule has 0 atom stereocenters. The first kappa shape index (κ1) is 18.5. The third-order valence-corrected chi connectivity index (χ3v) is 5.24. The highest BCUT2D eigenvalue weighted by molar-refractivity contribution is 7.18. The van der Waals surface area contributed by atoms with Gasteiger partial charge in [-0.3, -0.25) is 0 Å². The SMILES string of the molecule is Cc1cc2cc(OCc3nc4ccccc4s3)ccc2n1C(=O)OC(C)(C)C. The maximum atomic E-state index is 12.5. The molecule has 28 heavy (non-hydrogen) atoms. The Labute approximate surface area is 167 Å². The van der Waals surface area contributed by atoms with Gasteiger partial charge >= 0.3 is 6.09 Å². The number of thiazole rings is 1. The van der Waals surface area contributed by atoms with E-state index in [0.717, 1.165) is 37.6 Å². The highest BCUT2D eigenvalue weighted by atomic mass is 32.1. The zero-order chi connectivity index (χ0) is 19.9. The monoisotopic (exact) mass is 394 g/mol. The Kier molecular flexibility index (Phi) is 4.59. The molecule has 2 aromatic heterocycles. The van der Waals surface area contributed by atoms with E-state index in [2.05, 4.69) is 11.1 Å². The van der Waals surface area contributed by atoms with Crippen LogP contribution < -0.4 is 4.74 Å². The van der Waals surface area contributed by atoms with Crippen LogP contribution in [-0.2, 0) is 11.3 Å². The molecule has 0 unspecified atom stereocenters. The van der Waals surface area contributed by atoms with Crippen LogP contribution in [0, 0.1) is 6.92 Å². The van der Waals surface area contributed by atoms with Gasteiger partial charge in [-0.1, -0.05) is 12.1 Å². The molecule has 0 saturated heterocycles. The number of hydrogen-bond donors (Lipinski definition) is 0. The van der Waals surface area contributed by atoms with Crippen molar-refractivity contribution in [2.24, 2.45) is 0 Å². The lowest BCUT2D eigenvalue weighted by atomic mass is 10.2. The van der Waals surface area contributed by atoms with Gasteiger partial charge in [0.1, 0.15) is 23.0 Å². The minimum Gasteiger partial charge on any atom is -0.486 e. The maximum Gasteiger partial charge on any atom is 0.419 e. The fourth-order valence-corrected chi connectivity index (χ4v) is 3.98. The first-order chi connectivity index (χ1) is 13.3. The number of nitrogens with zero attached hydrogens (tertiary/aromatic N) is 2. The quantitative estimate of drug-likeness (QED) is 0.433. The van der Waals surface area contributed by atoms with Crippen LogP contribution in [0.4, 0.5) is 4.79 Å². The van der Waals surface area contributed by atoms with Gasteiger partial charge < -0.3 is 9.47 Å². The predicted molar refractivity (Wildman–Crippen MR) is 112 cm³/mol. The molecule has 0 fully saturated rings. The number of carbonyl (C=O) groups is 1. The van der Waals surface area contributed by atoms with Crippen molar-refractivity contribution in [1.29, 1.82) is 0 Å². The van der Waals surface area contributed by atoms with E-state index in [-0.39, 0.29) is 6.09 Å². The van der Waals surface area contributed by atoms with Gasteiger partial charge in [0.05, 0.1) is 15.7 Å². The van der Waals surface area contributed by atoms with Gasteiger partial charge in [0.15, 0.2) is 0 Å². The first-order valence-corrected chi connectivity index (χ1v) is 9.94. The fourth-order valence-electron chi connectivity index (χ4n) is 3.10. The molecule has 0 bridgehead atoms. The van der Waals surface area contributed by atoms with Crippen LogP contribution >= 0.6 is 11.3 Å². The summed E-state index contributed by atoms with van der Waals surface area (Å²) in [6, 6.07) is 15.7. The zero-order valence-electron chi connectivity index (χ0n) is 16.4. The molecule has 0 amide bonds. The number of ether oxygens (including phenoxy) is 2. The Hall–Kier alpha value is -2.86. The van der Waals surface area contributed by atoms with Crippen LogP contribution in [0.5, 0.6) is 5.75 Å². The lowest BCUT2D eigenvalue weighted by Gasteiger charge is -2.20. The van der Waals surface area contributed by atoms with Crippen LogP contribution in [0.2, 0.25) is 0 Å². The van der Waals surface area contributed by atoms with Crippen LogP contribution in [-0.4, -0.2) is 21.2 Å². The summed E-state index contributed by atoms with van der Waals surface area (Å²) >= 11 is 1.63.